The maximum Gasteiger partial charge on any atom is 0.275 e. The molecule has 1 aliphatic heterocycles. The maximum absolute atomic E-state index is 13.3. The molecule has 6 nitrogen and oxygen atoms in total. The van der Waals surface area contributed by atoms with Gasteiger partial charge in [-0.3, -0.25) is 9.59 Å². The fourth-order valence-electron chi connectivity index (χ4n) is 4.10. The minimum absolute atomic E-state index is 0.0152. The summed E-state index contributed by atoms with van der Waals surface area (Å²) in [4.78, 5) is 28.1. The summed E-state index contributed by atoms with van der Waals surface area (Å²) in [5, 5.41) is 0.872. The molecule has 3 heterocycles. The van der Waals surface area contributed by atoms with E-state index in [-0.39, 0.29) is 18.0 Å². The number of carbonyl (C=O) groups excluding carboxylic acids is 1. The highest BCUT2D eigenvalue weighted by atomic mass is 16.5. The lowest BCUT2D eigenvalue weighted by Gasteiger charge is -2.30. The summed E-state index contributed by atoms with van der Waals surface area (Å²) < 4.78 is 9.13. The summed E-state index contributed by atoms with van der Waals surface area (Å²) in [7, 11) is 0. The zero-order valence-electron chi connectivity index (χ0n) is 17.3. The summed E-state index contributed by atoms with van der Waals surface area (Å²) >= 11 is 0. The smallest absolute Gasteiger partial charge is 0.275 e. The van der Waals surface area contributed by atoms with Crippen LogP contribution in [-0.2, 0) is 17.9 Å². The van der Waals surface area contributed by atoms with Gasteiger partial charge in [-0.1, -0.05) is 36.4 Å². The monoisotopic (exact) mass is 413 g/mol. The van der Waals surface area contributed by atoms with Gasteiger partial charge >= 0.3 is 0 Å². The van der Waals surface area contributed by atoms with Crippen molar-refractivity contribution in [3.8, 4) is 5.75 Å². The average molecular weight is 413 g/mol. The Morgan fingerprint density at radius 2 is 1.77 bits per heavy atom. The van der Waals surface area contributed by atoms with E-state index < -0.39 is 0 Å². The van der Waals surface area contributed by atoms with E-state index in [0.29, 0.717) is 31.0 Å². The topological polar surface area (TPSA) is 56.5 Å². The molecular weight excluding hydrogens is 390 g/mol. The number of anilines is 1. The molecule has 0 aliphatic carbocycles. The second-order valence-electron chi connectivity index (χ2n) is 7.85. The van der Waals surface area contributed by atoms with Crippen molar-refractivity contribution < 1.29 is 9.53 Å². The highest BCUT2D eigenvalue weighted by Gasteiger charge is 2.24. The van der Waals surface area contributed by atoms with Gasteiger partial charge in [0.25, 0.3) is 5.56 Å². The van der Waals surface area contributed by atoms with Gasteiger partial charge < -0.3 is 18.8 Å². The van der Waals surface area contributed by atoms with Crippen LogP contribution < -0.4 is 15.2 Å². The zero-order valence-corrected chi connectivity index (χ0v) is 17.3. The van der Waals surface area contributed by atoms with Gasteiger partial charge in [0.15, 0.2) is 0 Å². The number of rotatable bonds is 4. The van der Waals surface area contributed by atoms with Crippen molar-refractivity contribution in [1.29, 1.82) is 0 Å². The third-order valence-corrected chi connectivity index (χ3v) is 5.67. The van der Waals surface area contributed by atoms with Gasteiger partial charge in [0.2, 0.25) is 5.91 Å². The number of ether oxygens (including phenoxy) is 1. The van der Waals surface area contributed by atoms with Crippen molar-refractivity contribution in [1.82, 2.24) is 9.13 Å². The molecule has 2 aromatic carbocycles. The number of nitrogens with zero attached hydrogens (tertiary/aromatic N) is 3. The molecule has 0 unspecified atom stereocenters. The fourth-order valence-corrected chi connectivity index (χ4v) is 4.10. The molecule has 4 aromatic rings. The summed E-state index contributed by atoms with van der Waals surface area (Å²) in [6.45, 7) is 3.48. The van der Waals surface area contributed by atoms with Crippen LogP contribution in [0.1, 0.15) is 11.1 Å². The fraction of sp³-hybridized carbons (Fsp3) is 0.200. The van der Waals surface area contributed by atoms with Gasteiger partial charge in [-0.15, -0.1) is 0 Å². The molecule has 6 heteroatoms. The Hall–Kier alpha value is -3.80. The molecule has 0 saturated heterocycles. The van der Waals surface area contributed by atoms with Crippen LogP contribution in [0.4, 0.5) is 5.69 Å². The Kier molecular flexibility index (Phi) is 4.82. The van der Waals surface area contributed by atoms with Gasteiger partial charge in [-0.2, -0.15) is 0 Å². The van der Waals surface area contributed by atoms with Crippen LogP contribution in [0.5, 0.6) is 5.75 Å². The number of aryl methyl sites for hydroxylation is 1. The largest absolute Gasteiger partial charge is 0.490 e. The van der Waals surface area contributed by atoms with Crippen molar-refractivity contribution in [3.05, 3.63) is 94.5 Å². The first-order valence-electron chi connectivity index (χ1n) is 10.4. The van der Waals surface area contributed by atoms with Crippen molar-refractivity contribution >= 4 is 22.5 Å². The van der Waals surface area contributed by atoms with E-state index in [4.69, 9.17) is 4.74 Å². The Morgan fingerprint density at radius 1 is 1.00 bits per heavy atom. The Bertz CT molecular complexity index is 1320. The van der Waals surface area contributed by atoms with Crippen LogP contribution in [0.15, 0.2) is 77.9 Å². The van der Waals surface area contributed by atoms with E-state index in [0.717, 1.165) is 22.2 Å². The highest BCUT2D eigenvalue weighted by molar-refractivity contribution is 5.95. The maximum atomic E-state index is 13.3. The number of fused-ring (bicyclic) bond motifs is 2. The normalized spacial score (nSPS) is 13.1. The summed E-state index contributed by atoms with van der Waals surface area (Å²) in [5.74, 6) is 0.572. The molecule has 2 aromatic heterocycles. The van der Waals surface area contributed by atoms with Crippen LogP contribution in [0.25, 0.3) is 10.9 Å². The van der Waals surface area contributed by atoms with Crippen LogP contribution in [0, 0.1) is 6.92 Å². The number of benzene rings is 2. The predicted molar refractivity (Wildman–Crippen MR) is 121 cm³/mol. The average Bonchev–Trinajstić information content (AvgIpc) is 3.19. The SMILES string of the molecule is Cc1ccc2c(c1)N(C(=O)Cn1ccc3ccn(Cc4ccccc4)c3c1=O)CCO2. The first-order valence-corrected chi connectivity index (χ1v) is 10.4. The number of pyridine rings is 1. The molecule has 5 rings (SSSR count). The third kappa shape index (κ3) is 3.61. The second-order valence-corrected chi connectivity index (χ2v) is 7.85. The third-order valence-electron chi connectivity index (χ3n) is 5.67. The molecular formula is C25H23N3O3. The zero-order chi connectivity index (χ0) is 21.4. The van der Waals surface area contributed by atoms with E-state index in [2.05, 4.69) is 0 Å². The van der Waals surface area contributed by atoms with E-state index >= 15 is 0 Å². The number of hydrogen-bond acceptors (Lipinski definition) is 3. The lowest BCUT2D eigenvalue weighted by atomic mass is 10.1. The van der Waals surface area contributed by atoms with Crippen LogP contribution >= 0.6 is 0 Å². The molecule has 0 fully saturated rings. The second kappa shape index (κ2) is 7.80. The number of aromatic nitrogens is 2. The van der Waals surface area contributed by atoms with Gasteiger partial charge in [0, 0.05) is 24.3 Å². The first kappa shape index (κ1) is 19.2. The summed E-state index contributed by atoms with van der Waals surface area (Å²) in [5.41, 5.74) is 3.38. The van der Waals surface area contributed by atoms with E-state index in [1.54, 1.807) is 11.1 Å². The molecule has 0 bridgehead atoms. The molecule has 1 amide bonds. The predicted octanol–water partition coefficient (Wildman–Crippen LogP) is 3.59. The lowest BCUT2D eigenvalue weighted by molar-refractivity contribution is -0.119. The summed E-state index contributed by atoms with van der Waals surface area (Å²) in [6, 6.07) is 19.6. The Balaban J connectivity index is 1.46. The van der Waals surface area contributed by atoms with Crippen molar-refractivity contribution in [2.75, 3.05) is 18.1 Å². The molecule has 0 N–H and O–H groups in total. The quantitative estimate of drug-likeness (QED) is 0.514. The highest BCUT2D eigenvalue weighted by Crippen LogP contribution is 2.32. The van der Waals surface area contributed by atoms with Gasteiger partial charge in [-0.05, 0) is 42.3 Å². The summed E-state index contributed by atoms with van der Waals surface area (Å²) in [6.07, 6.45) is 3.62. The van der Waals surface area contributed by atoms with Gasteiger partial charge in [-0.25, -0.2) is 0 Å². The Labute approximate surface area is 179 Å². The molecule has 0 atom stereocenters. The van der Waals surface area contributed by atoms with Crippen LogP contribution in [0.2, 0.25) is 0 Å². The van der Waals surface area contributed by atoms with Crippen LogP contribution in [-0.4, -0.2) is 28.2 Å². The van der Waals surface area contributed by atoms with Gasteiger partial charge in [0.1, 0.15) is 24.4 Å². The van der Waals surface area contributed by atoms with Crippen molar-refractivity contribution in [2.24, 2.45) is 0 Å². The van der Waals surface area contributed by atoms with Gasteiger partial charge in [0.05, 0.1) is 12.2 Å². The standard InChI is InChI=1S/C25H23N3O3/c1-18-7-8-22-21(15-18)28(13-14-31-22)23(29)17-27-12-10-20-9-11-26(24(20)25(27)30)16-19-5-3-2-4-6-19/h2-12,15H,13-14,16-17H2,1H3. The Morgan fingerprint density at radius 3 is 2.58 bits per heavy atom. The minimum atomic E-state index is -0.162. The molecule has 1 aliphatic rings. The molecule has 0 spiro atoms. The van der Waals surface area contributed by atoms with E-state index in [9.17, 15) is 9.59 Å². The molecule has 156 valence electrons. The first-order chi connectivity index (χ1) is 15.1. The van der Waals surface area contributed by atoms with E-state index in [1.807, 2.05) is 78.4 Å². The van der Waals surface area contributed by atoms with Crippen LogP contribution in [0.3, 0.4) is 0 Å². The van der Waals surface area contributed by atoms with E-state index in [1.165, 1.54) is 4.57 Å². The molecule has 0 saturated carbocycles. The van der Waals surface area contributed by atoms with Crippen molar-refractivity contribution in [3.63, 3.8) is 0 Å². The number of hydrogen-bond donors (Lipinski definition) is 0. The molecule has 31 heavy (non-hydrogen) atoms. The lowest BCUT2D eigenvalue weighted by Crippen LogP contribution is -2.41. The minimum Gasteiger partial charge on any atom is -0.490 e. The molecule has 0 radical (unpaired) electrons. The number of amides is 1. The number of carbonyl (C=O) groups is 1. The van der Waals surface area contributed by atoms with Crippen molar-refractivity contribution in [2.45, 2.75) is 20.0 Å².